The monoisotopic (exact) mass is 392 g/mol. The van der Waals surface area contributed by atoms with E-state index >= 15 is 0 Å². The molecule has 118 valence electrons. The Kier molecular flexibility index (Phi) is 3.77. The number of benzene rings is 2. The molecule has 0 aliphatic heterocycles. The maximum absolute atomic E-state index is 13.0. The van der Waals surface area contributed by atoms with Gasteiger partial charge in [0.25, 0.3) is 15.9 Å². The van der Waals surface area contributed by atoms with E-state index < -0.39 is 15.9 Å². The minimum Gasteiger partial charge on any atom is -0.364 e. The number of rotatable bonds is 3. The molecule has 0 bridgehead atoms. The van der Waals surface area contributed by atoms with Gasteiger partial charge in [-0.2, -0.15) is 0 Å². The van der Waals surface area contributed by atoms with Crippen LogP contribution >= 0.6 is 15.9 Å². The second-order valence-corrected chi connectivity index (χ2v) is 7.71. The molecule has 7 heteroatoms. The van der Waals surface area contributed by atoms with Crippen molar-refractivity contribution in [3.8, 4) is 0 Å². The second kappa shape index (κ2) is 5.50. The van der Waals surface area contributed by atoms with Gasteiger partial charge in [-0.05, 0) is 41.1 Å². The van der Waals surface area contributed by atoms with Crippen LogP contribution in [0.25, 0.3) is 10.9 Å². The summed E-state index contributed by atoms with van der Waals surface area (Å²) in [6.07, 6.45) is 0. The van der Waals surface area contributed by atoms with Crippen molar-refractivity contribution in [2.45, 2.75) is 11.8 Å². The second-order valence-electron chi connectivity index (χ2n) is 5.13. The molecule has 0 saturated carbocycles. The zero-order valence-corrected chi connectivity index (χ0v) is 14.6. The Morgan fingerprint density at radius 2 is 1.70 bits per heavy atom. The van der Waals surface area contributed by atoms with Crippen molar-refractivity contribution in [3.05, 3.63) is 64.3 Å². The summed E-state index contributed by atoms with van der Waals surface area (Å²) in [5.41, 5.74) is 6.67. The first-order valence-electron chi connectivity index (χ1n) is 6.75. The van der Waals surface area contributed by atoms with Gasteiger partial charge >= 0.3 is 0 Å². The van der Waals surface area contributed by atoms with Crippen molar-refractivity contribution in [1.82, 2.24) is 3.97 Å². The summed E-state index contributed by atoms with van der Waals surface area (Å²) in [5.74, 6) is -0.816. The van der Waals surface area contributed by atoms with Crippen LogP contribution in [-0.2, 0) is 10.0 Å². The van der Waals surface area contributed by atoms with E-state index in [4.69, 9.17) is 5.73 Å². The van der Waals surface area contributed by atoms with Crippen LogP contribution in [0.3, 0.4) is 0 Å². The summed E-state index contributed by atoms with van der Waals surface area (Å²) < 4.78 is 27.4. The van der Waals surface area contributed by atoms with E-state index in [9.17, 15) is 13.2 Å². The van der Waals surface area contributed by atoms with E-state index in [-0.39, 0.29) is 10.6 Å². The van der Waals surface area contributed by atoms with Gasteiger partial charge < -0.3 is 5.73 Å². The number of fused-ring (bicyclic) bond motifs is 1. The van der Waals surface area contributed by atoms with Crippen molar-refractivity contribution < 1.29 is 13.2 Å². The third-order valence-corrected chi connectivity index (χ3v) is 6.09. The van der Waals surface area contributed by atoms with Crippen LogP contribution in [0.15, 0.2) is 57.9 Å². The number of para-hydroxylation sites is 1. The average molecular weight is 393 g/mol. The number of halogens is 1. The first-order valence-corrected chi connectivity index (χ1v) is 8.98. The highest BCUT2D eigenvalue weighted by Crippen LogP contribution is 2.33. The summed E-state index contributed by atoms with van der Waals surface area (Å²) in [4.78, 5) is 11.9. The van der Waals surface area contributed by atoms with Crippen LogP contribution < -0.4 is 5.73 Å². The fraction of sp³-hybridized carbons (Fsp3) is 0.0625. The number of hydrogen-bond acceptors (Lipinski definition) is 3. The smallest absolute Gasteiger partial charge is 0.268 e. The topological polar surface area (TPSA) is 82.2 Å². The van der Waals surface area contributed by atoms with E-state index in [0.29, 0.717) is 15.4 Å². The summed E-state index contributed by atoms with van der Waals surface area (Å²) in [6.45, 7) is 1.87. The largest absolute Gasteiger partial charge is 0.364 e. The molecule has 2 N–H and O–H groups in total. The fourth-order valence-electron chi connectivity index (χ4n) is 2.45. The molecule has 0 unspecified atom stereocenters. The molecule has 0 aliphatic carbocycles. The summed E-state index contributed by atoms with van der Waals surface area (Å²) in [5, 5.41) is 0.608. The average Bonchev–Trinajstić information content (AvgIpc) is 2.82. The number of carbonyl (C=O) groups excluding carboxylic acids is 1. The van der Waals surface area contributed by atoms with Crippen LogP contribution in [0.1, 0.15) is 16.1 Å². The molecule has 3 rings (SSSR count). The molecule has 0 aliphatic rings. The molecule has 0 fully saturated rings. The fourth-order valence-corrected chi connectivity index (χ4v) is 4.80. The van der Waals surface area contributed by atoms with E-state index in [1.165, 1.54) is 12.1 Å². The Balaban J connectivity index is 2.41. The maximum atomic E-state index is 13.0. The molecule has 2 aromatic carbocycles. The molecule has 1 amide bonds. The predicted octanol–water partition coefficient (Wildman–Crippen LogP) is 3.05. The molecular formula is C16H13BrN2O3S. The van der Waals surface area contributed by atoms with E-state index in [0.717, 1.165) is 9.54 Å². The first kappa shape index (κ1) is 15.8. The Morgan fingerprint density at radius 1 is 1.09 bits per heavy atom. The molecule has 1 heterocycles. The molecule has 1 aromatic heterocycles. The van der Waals surface area contributed by atoms with Crippen molar-refractivity contribution in [3.63, 3.8) is 0 Å². The van der Waals surface area contributed by atoms with Gasteiger partial charge in [0.2, 0.25) is 0 Å². The van der Waals surface area contributed by atoms with E-state index in [2.05, 4.69) is 15.9 Å². The number of aromatic nitrogens is 1. The van der Waals surface area contributed by atoms with Gasteiger partial charge in [0.15, 0.2) is 0 Å². The number of aryl methyl sites for hydroxylation is 1. The highest BCUT2D eigenvalue weighted by atomic mass is 79.9. The normalized spacial score (nSPS) is 11.7. The standard InChI is InChI=1S/C16H13BrN2O3S/c1-10-6-8-11(9-7-10)23(21,22)19-13-5-3-2-4-12(13)14(17)15(19)16(18)20/h2-9H,1H3,(H2,18,20). The zero-order valence-electron chi connectivity index (χ0n) is 12.2. The lowest BCUT2D eigenvalue weighted by molar-refractivity contribution is 0.0994. The van der Waals surface area contributed by atoms with Crippen molar-refractivity contribution in [1.29, 1.82) is 0 Å². The van der Waals surface area contributed by atoms with Gasteiger partial charge in [0.1, 0.15) is 5.69 Å². The van der Waals surface area contributed by atoms with E-state index in [1.54, 1.807) is 36.4 Å². The van der Waals surface area contributed by atoms with Gasteiger partial charge in [-0.25, -0.2) is 12.4 Å². The number of primary amides is 1. The van der Waals surface area contributed by atoms with Crippen molar-refractivity contribution in [2.24, 2.45) is 5.73 Å². The molecular weight excluding hydrogens is 380 g/mol. The Hall–Kier alpha value is -2.12. The first-order chi connectivity index (χ1) is 10.8. The lowest BCUT2D eigenvalue weighted by atomic mass is 10.2. The number of amides is 1. The van der Waals surface area contributed by atoms with Gasteiger partial charge in [-0.15, -0.1) is 0 Å². The van der Waals surface area contributed by atoms with Crippen LogP contribution in [-0.4, -0.2) is 18.3 Å². The summed E-state index contributed by atoms with van der Waals surface area (Å²) in [6, 6.07) is 13.3. The van der Waals surface area contributed by atoms with Gasteiger partial charge in [-0.3, -0.25) is 4.79 Å². The minimum atomic E-state index is -3.95. The summed E-state index contributed by atoms with van der Waals surface area (Å²) >= 11 is 3.29. The van der Waals surface area contributed by atoms with Crippen LogP contribution in [0, 0.1) is 6.92 Å². The minimum absolute atomic E-state index is 0.0909. The predicted molar refractivity (Wildman–Crippen MR) is 91.9 cm³/mol. The van der Waals surface area contributed by atoms with Gasteiger partial charge in [-0.1, -0.05) is 35.9 Å². The van der Waals surface area contributed by atoms with Crippen LogP contribution in [0.5, 0.6) is 0 Å². The molecule has 0 spiro atoms. The number of hydrogen-bond donors (Lipinski definition) is 1. The molecule has 0 saturated heterocycles. The molecule has 0 atom stereocenters. The van der Waals surface area contributed by atoms with E-state index in [1.807, 2.05) is 6.92 Å². The Labute approximate surface area is 141 Å². The maximum Gasteiger partial charge on any atom is 0.268 e. The molecule has 0 radical (unpaired) electrons. The number of nitrogens with two attached hydrogens (primary N) is 1. The molecule has 23 heavy (non-hydrogen) atoms. The lowest BCUT2D eigenvalue weighted by Crippen LogP contribution is -2.23. The zero-order chi connectivity index (χ0) is 16.8. The highest BCUT2D eigenvalue weighted by Gasteiger charge is 2.28. The SMILES string of the molecule is Cc1ccc(S(=O)(=O)n2c(C(N)=O)c(Br)c3ccccc32)cc1. The third kappa shape index (κ3) is 2.46. The quantitative estimate of drug-likeness (QED) is 0.743. The molecule has 5 nitrogen and oxygen atoms in total. The number of carbonyl (C=O) groups is 1. The highest BCUT2D eigenvalue weighted by molar-refractivity contribution is 9.10. The van der Waals surface area contributed by atoms with Crippen LogP contribution in [0.4, 0.5) is 0 Å². The van der Waals surface area contributed by atoms with Crippen LogP contribution in [0.2, 0.25) is 0 Å². The van der Waals surface area contributed by atoms with Gasteiger partial charge in [0.05, 0.1) is 14.9 Å². The molecule has 3 aromatic rings. The van der Waals surface area contributed by atoms with Gasteiger partial charge in [0, 0.05) is 5.39 Å². The third-order valence-electron chi connectivity index (χ3n) is 3.56. The number of nitrogens with zero attached hydrogens (tertiary/aromatic N) is 1. The Bertz CT molecular complexity index is 1020. The lowest BCUT2D eigenvalue weighted by Gasteiger charge is -2.10. The summed E-state index contributed by atoms with van der Waals surface area (Å²) in [7, 11) is -3.95. The van der Waals surface area contributed by atoms with Crippen molar-refractivity contribution >= 4 is 42.8 Å². The Morgan fingerprint density at radius 3 is 2.30 bits per heavy atom. The van der Waals surface area contributed by atoms with Crippen molar-refractivity contribution in [2.75, 3.05) is 0 Å².